The summed E-state index contributed by atoms with van der Waals surface area (Å²) in [6.45, 7) is 0. The lowest BCUT2D eigenvalue weighted by Crippen LogP contribution is -2.76. The van der Waals surface area contributed by atoms with Crippen molar-refractivity contribution in [3.05, 3.63) is 560 Å². The van der Waals surface area contributed by atoms with Crippen molar-refractivity contribution in [2.45, 2.75) is 21.8 Å². The third-order valence-corrected chi connectivity index (χ3v) is 29.3. The van der Waals surface area contributed by atoms with Crippen LogP contribution in [0.25, 0.3) is 174 Å². The molecule has 0 saturated heterocycles. The van der Waals surface area contributed by atoms with Gasteiger partial charge in [-0.2, -0.15) is 0 Å². The monoisotopic (exact) mass is 1660 g/mol. The molecule has 0 fully saturated rings. The number of hydrogen-bond donors (Lipinski definition) is 0. The van der Waals surface area contributed by atoms with Gasteiger partial charge in [0.05, 0.1) is 16.2 Å². The molecule has 26 rings (SSSR count). The normalized spacial score (nSPS) is 16.1. The molecule has 0 saturated carbocycles. The van der Waals surface area contributed by atoms with E-state index in [1.807, 2.05) is 0 Å². The van der Waals surface area contributed by atoms with Crippen LogP contribution in [0.4, 0.5) is 0 Å². The van der Waals surface area contributed by atoms with Crippen molar-refractivity contribution < 1.29 is 4.74 Å². The predicted molar refractivity (Wildman–Crippen MR) is 553 cm³/mol. The summed E-state index contributed by atoms with van der Waals surface area (Å²) in [7, 11) is 0. The fourth-order valence-corrected chi connectivity index (χ4v) is 23.9. The van der Waals surface area contributed by atoms with E-state index in [-0.39, 0.29) is 0 Å². The van der Waals surface area contributed by atoms with Crippen LogP contribution in [-0.4, -0.2) is 0 Å². The van der Waals surface area contributed by atoms with E-state index in [1.54, 1.807) is 0 Å². The Morgan fingerprint density at radius 2 is 0.389 bits per heavy atom. The van der Waals surface area contributed by atoms with Crippen LogP contribution in [0.3, 0.4) is 0 Å². The summed E-state index contributed by atoms with van der Waals surface area (Å²) in [6, 6.07) is 198. The topological polar surface area (TPSA) is 9.23 Å². The molecule has 3 atom stereocenters. The highest BCUT2D eigenvalue weighted by Crippen LogP contribution is 2.80. The Hall–Kier alpha value is -16.6. The van der Waals surface area contributed by atoms with Crippen LogP contribution in [-0.2, 0) is 21.8 Å². The first kappa shape index (κ1) is 75.7. The van der Waals surface area contributed by atoms with E-state index >= 15 is 0 Å². The first-order chi connectivity index (χ1) is 64.9. The lowest BCUT2D eigenvalue weighted by molar-refractivity contribution is -0.0258. The number of rotatable bonds is 13. The summed E-state index contributed by atoms with van der Waals surface area (Å²) in [6.07, 6.45) is 0. The van der Waals surface area contributed by atoms with E-state index in [1.165, 1.54) is 0 Å². The van der Waals surface area contributed by atoms with Gasteiger partial charge in [-0.25, -0.2) is 0 Å². The summed E-state index contributed by atoms with van der Waals surface area (Å²) < 4.78 is 10.3. The van der Waals surface area contributed by atoms with Gasteiger partial charge in [0.1, 0.15) is 5.75 Å². The molecule has 0 heterocycles. The van der Waals surface area contributed by atoms with Gasteiger partial charge < -0.3 is 4.74 Å². The van der Waals surface area contributed by atoms with Crippen molar-refractivity contribution in [2.24, 2.45) is 0 Å². The first-order valence-corrected chi connectivity index (χ1v) is 45.7. The second-order valence-electron chi connectivity index (χ2n) is 35.9. The summed E-state index contributed by atoms with van der Waals surface area (Å²) in [5, 5.41) is 26.5. The fraction of sp³-hybridized carbons (Fsp3) is 0.0308. The molecular formula is C130H84O. The minimum absolute atomic E-state index is 0.685. The molecule has 0 aliphatic heterocycles. The Balaban J connectivity index is 1.11. The van der Waals surface area contributed by atoms with Gasteiger partial charge in [0.15, 0.2) is 5.60 Å². The number of benzene rings is 25. The minimum atomic E-state index is -1.95. The van der Waals surface area contributed by atoms with Crippen molar-refractivity contribution in [2.75, 3.05) is 0 Å². The Labute approximate surface area is 760 Å². The molecule has 0 bridgehead atoms. The second-order valence-corrected chi connectivity index (χ2v) is 35.9. The molecule has 131 heavy (non-hydrogen) atoms. The van der Waals surface area contributed by atoms with Crippen molar-refractivity contribution in [1.29, 1.82) is 0 Å². The van der Waals surface area contributed by atoms with Gasteiger partial charge in [-0.1, -0.05) is 461 Å². The van der Waals surface area contributed by atoms with E-state index in [9.17, 15) is 4.74 Å². The van der Waals surface area contributed by atoms with Crippen LogP contribution in [0.2, 0.25) is 0 Å². The zero-order chi connectivity index (χ0) is 86.4. The molecular weight excluding hydrogens is 1580 g/mol. The maximum atomic E-state index is 10.3. The lowest BCUT2D eigenvalue weighted by atomic mass is 9.29. The average molecular weight is 1660 g/mol. The quantitative estimate of drug-likeness (QED) is 0.112. The molecule has 610 valence electrons. The number of ether oxygens (including phenoxy) is 1. The molecule has 1 nitrogen and oxygen atoms in total. The summed E-state index contributed by atoms with van der Waals surface area (Å²) in [5.74, 6) is 0.685. The Morgan fingerprint density at radius 3 is 0.763 bits per heavy atom. The zero-order valence-electron chi connectivity index (χ0n) is 71.9. The Bertz CT molecular complexity index is 8930. The lowest BCUT2D eigenvalue weighted by Gasteiger charge is -2.72. The smallest absolute Gasteiger partial charge is 0.175 e. The second kappa shape index (κ2) is 30.0. The van der Waals surface area contributed by atoms with E-state index in [0.29, 0.717) is 5.75 Å². The van der Waals surface area contributed by atoms with Crippen LogP contribution < -0.4 is 4.74 Å². The van der Waals surface area contributed by atoms with Crippen LogP contribution in [0.15, 0.2) is 510 Å². The summed E-state index contributed by atoms with van der Waals surface area (Å²) >= 11 is 0. The molecule has 25 aromatic rings. The van der Waals surface area contributed by atoms with E-state index < -0.39 is 21.8 Å². The van der Waals surface area contributed by atoms with Crippen LogP contribution >= 0.6 is 0 Å². The molecule has 25 aromatic carbocycles. The highest BCUT2D eigenvalue weighted by molar-refractivity contribution is 6.13. The molecule has 0 aromatic heterocycles. The molecule has 0 amide bonds. The Kier molecular flexibility index (Phi) is 17.4. The molecule has 1 heteroatoms. The minimum Gasteiger partial charge on any atom is -0.476 e. The van der Waals surface area contributed by atoms with Crippen molar-refractivity contribution in [3.63, 3.8) is 0 Å². The first-order valence-electron chi connectivity index (χ1n) is 45.7. The SMILES string of the molecule is c1ccc2cc(OC3(c4ccc5ccccc5c4)c4c(-c5ccc6ccccc6c5)c(-c5ccc6ccccc6c5)c(-c5ccc6ccccc6c5)c(-c5ccc6ccccc6c5)c4C(c4ccc5ccccc5c4)(c4cccc5ccccc45)C(c4ccc5ccccc5c4)(c4ccc5ccccc5c4)C3(c3ccc4ccccc4c3)c3cccc4ccccc34)ccc2c1. The highest BCUT2D eigenvalue weighted by atomic mass is 16.5. The largest absolute Gasteiger partial charge is 0.476 e. The van der Waals surface area contributed by atoms with Gasteiger partial charge in [-0.05, 0) is 261 Å². The number of fused-ring (bicyclic) bond motifs is 13. The number of hydrogen-bond acceptors (Lipinski definition) is 1. The molecule has 3 unspecified atom stereocenters. The van der Waals surface area contributed by atoms with Gasteiger partial charge in [0.25, 0.3) is 0 Å². The van der Waals surface area contributed by atoms with Crippen LogP contribution in [0.5, 0.6) is 5.75 Å². The van der Waals surface area contributed by atoms with Crippen molar-refractivity contribution in [1.82, 2.24) is 0 Å². The molecule has 1 aliphatic carbocycles. The Morgan fingerprint density at radius 1 is 0.145 bits per heavy atom. The fourth-order valence-electron chi connectivity index (χ4n) is 23.9. The average Bonchev–Trinajstić information content (AvgIpc) is 0.613. The van der Waals surface area contributed by atoms with Crippen LogP contribution in [0.1, 0.15) is 50.1 Å². The van der Waals surface area contributed by atoms with E-state index in [4.69, 9.17) is 0 Å². The molecule has 0 N–H and O–H groups in total. The van der Waals surface area contributed by atoms with Crippen LogP contribution in [0, 0.1) is 0 Å². The van der Waals surface area contributed by atoms with E-state index in [0.717, 1.165) is 224 Å². The maximum absolute atomic E-state index is 10.3. The summed E-state index contributed by atoms with van der Waals surface area (Å²) in [5.41, 5.74) is 10.7. The standard InChI is InChI=1S/C130H84O/c1-11-39-97-75-107(59-55-85(97)27-1)121-122(108-60-56-86-28-2-12-40-98(86)76-108)124(110-62-58-88-30-4-14-42-100(88)78-110)126-125(123(121)109-61-57-87-29-3-13-41-99(87)77-109)127(111-69-63-89-31-5-15-43-101(89)79-111,119-53-25-49-95-37-21-23-51-117(95)119)128(112-70-64-90-32-6-16-44-102(90)80-112,113-71-65-91-33-7-17-45-103(91)81-113)129(114-72-66-92-34-8-18-46-104(92)82-114,120-54-26-50-96-38-22-24-52-118(96)120)130(126,115-73-67-93-35-9-19-47-105(93)83-115)131-116-74-68-94-36-10-20-48-106(94)84-116/h1-84H. The summed E-state index contributed by atoms with van der Waals surface area (Å²) in [4.78, 5) is 0. The van der Waals surface area contributed by atoms with Gasteiger partial charge in [-0.3, -0.25) is 0 Å². The maximum Gasteiger partial charge on any atom is 0.175 e. The third-order valence-electron chi connectivity index (χ3n) is 29.3. The van der Waals surface area contributed by atoms with Crippen molar-refractivity contribution in [3.8, 4) is 50.3 Å². The van der Waals surface area contributed by atoms with Gasteiger partial charge in [0.2, 0.25) is 0 Å². The predicted octanol–water partition coefficient (Wildman–Crippen LogP) is 33.8. The van der Waals surface area contributed by atoms with Gasteiger partial charge in [-0.15, -0.1) is 0 Å². The van der Waals surface area contributed by atoms with Gasteiger partial charge >= 0.3 is 0 Å². The van der Waals surface area contributed by atoms with Gasteiger partial charge in [0, 0.05) is 11.1 Å². The molecule has 0 radical (unpaired) electrons. The van der Waals surface area contributed by atoms with E-state index in [2.05, 4.69) is 510 Å². The third kappa shape index (κ3) is 11.4. The van der Waals surface area contributed by atoms with Crippen molar-refractivity contribution >= 4 is 129 Å². The zero-order valence-corrected chi connectivity index (χ0v) is 71.9. The molecule has 1 aliphatic rings. The molecule has 0 spiro atoms. The highest BCUT2D eigenvalue weighted by Gasteiger charge is 2.81.